The summed E-state index contributed by atoms with van der Waals surface area (Å²) in [5.74, 6) is -2.01. The third-order valence-corrected chi connectivity index (χ3v) is 11.0. The first-order chi connectivity index (χ1) is 28.0. The molecule has 6 atom stereocenters. The quantitative estimate of drug-likeness (QED) is 0.0153. The van der Waals surface area contributed by atoms with E-state index < -0.39 is 71.2 Å². The van der Waals surface area contributed by atoms with Gasteiger partial charge in [-0.3, -0.25) is 14.1 Å². The molecule has 0 spiro atoms. The molecule has 2 unspecified atom stereocenters. The molecule has 0 radical (unpaired) electrons. The van der Waals surface area contributed by atoms with E-state index in [2.05, 4.69) is 43.9 Å². The van der Waals surface area contributed by atoms with Crippen LogP contribution < -0.4 is 0 Å². The molecule has 0 aromatic carbocycles. The Kier molecular flexibility index (Phi) is 33.1. The van der Waals surface area contributed by atoms with Crippen molar-refractivity contribution < 1.29 is 56.8 Å². The fraction of sp³-hybridized carbons (Fsp3) is 0.844. The van der Waals surface area contributed by atoms with Crippen molar-refractivity contribution in [1.82, 2.24) is 0 Å². The minimum atomic E-state index is -4.60. The van der Waals surface area contributed by atoms with E-state index in [0.717, 1.165) is 70.6 Å². The average molecular weight is 845 g/mol. The Hall–Kier alpha value is -2.09. The largest absolute Gasteiger partial charge is 0.462 e. The van der Waals surface area contributed by atoms with Crippen molar-refractivity contribution in [2.75, 3.05) is 19.0 Å². The normalized spacial score (nSPS) is 20.1. The predicted octanol–water partition coefficient (Wildman–Crippen LogP) is 8.99. The molecular weight excluding hydrogens is 765 g/mol. The minimum absolute atomic E-state index is 0.155. The van der Waals surface area contributed by atoms with Gasteiger partial charge in [-0.2, -0.15) is 8.42 Å². The maximum absolute atomic E-state index is 12.8. The first kappa shape index (κ1) is 53.9. The van der Waals surface area contributed by atoms with Crippen molar-refractivity contribution in [3.8, 4) is 0 Å². The number of hydrogen-bond acceptors (Lipinski definition) is 11. The minimum Gasteiger partial charge on any atom is -0.462 e. The molecule has 1 saturated heterocycles. The van der Waals surface area contributed by atoms with Crippen LogP contribution in [0.5, 0.6) is 0 Å². The molecule has 1 heterocycles. The van der Waals surface area contributed by atoms with Crippen molar-refractivity contribution >= 4 is 22.1 Å². The van der Waals surface area contributed by atoms with E-state index in [1.165, 1.54) is 77.0 Å². The highest BCUT2D eigenvalue weighted by atomic mass is 32.2. The summed E-state index contributed by atoms with van der Waals surface area (Å²) in [6.45, 7) is 3.71. The lowest BCUT2D eigenvalue weighted by molar-refractivity contribution is -0.297. The van der Waals surface area contributed by atoms with E-state index in [9.17, 15) is 37.9 Å². The predicted molar refractivity (Wildman–Crippen MR) is 228 cm³/mol. The van der Waals surface area contributed by atoms with Gasteiger partial charge in [-0.25, -0.2) is 0 Å². The van der Waals surface area contributed by atoms with Crippen molar-refractivity contribution in [2.24, 2.45) is 0 Å². The van der Waals surface area contributed by atoms with E-state index >= 15 is 0 Å². The van der Waals surface area contributed by atoms with E-state index in [4.69, 9.17) is 18.9 Å². The summed E-state index contributed by atoms with van der Waals surface area (Å²) in [7, 11) is -4.60. The highest BCUT2D eigenvalue weighted by Gasteiger charge is 2.46. The van der Waals surface area contributed by atoms with Gasteiger partial charge in [0.2, 0.25) is 0 Å². The number of aliphatic hydroxyl groups excluding tert-OH is 3. The Morgan fingerprint density at radius 2 is 1.09 bits per heavy atom. The number of aliphatic hydroxyl groups is 3. The van der Waals surface area contributed by atoms with E-state index in [1.54, 1.807) is 0 Å². The van der Waals surface area contributed by atoms with Gasteiger partial charge in [0.15, 0.2) is 12.4 Å². The van der Waals surface area contributed by atoms with Gasteiger partial charge >= 0.3 is 11.9 Å². The van der Waals surface area contributed by atoms with Crippen molar-refractivity contribution in [2.45, 2.75) is 224 Å². The summed E-state index contributed by atoms with van der Waals surface area (Å²) in [5, 5.41) is 30.9. The number of carbonyl (C=O) groups is 2. The molecule has 13 heteroatoms. The van der Waals surface area contributed by atoms with Crippen LogP contribution in [0.25, 0.3) is 0 Å². The first-order valence-corrected chi connectivity index (χ1v) is 24.2. The van der Waals surface area contributed by atoms with Crippen molar-refractivity contribution in [1.29, 1.82) is 0 Å². The van der Waals surface area contributed by atoms with Crippen LogP contribution in [0.1, 0.15) is 187 Å². The van der Waals surface area contributed by atoms with Crippen LogP contribution in [0.3, 0.4) is 0 Å². The van der Waals surface area contributed by atoms with Crippen LogP contribution in [0.4, 0.5) is 0 Å². The second-order valence-corrected chi connectivity index (χ2v) is 17.3. The van der Waals surface area contributed by atoms with Gasteiger partial charge in [-0.15, -0.1) is 5.73 Å². The molecule has 0 bridgehead atoms. The Balaban J connectivity index is 2.47. The molecule has 1 rings (SSSR count). The Labute approximate surface area is 351 Å². The van der Waals surface area contributed by atoms with Crippen LogP contribution in [0, 0.1) is 0 Å². The number of esters is 2. The van der Waals surface area contributed by atoms with E-state index in [-0.39, 0.29) is 19.4 Å². The summed E-state index contributed by atoms with van der Waals surface area (Å²) in [5.41, 5.74) is 3.28. The number of allylic oxidation sites excluding steroid dienone is 3. The topological polar surface area (TPSA) is 186 Å². The maximum Gasteiger partial charge on any atom is 0.306 e. The van der Waals surface area contributed by atoms with Crippen LogP contribution in [0.15, 0.2) is 30.0 Å². The molecule has 0 aromatic rings. The number of rotatable bonds is 37. The van der Waals surface area contributed by atoms with Crippen molar-refractivity contribution in [3.63, 3.8) is 0 Å². The van der Waals surface area contributed by atoms with Gasteiger partial charge in [-0.1, -0.05) is 122 Å². The first-order valence-electron chi connectivity index (χ1n) is 22.6. The number of hydrogen-bond donors (Lipinski definition) is 4. The molecule has 0 aliphatic carbocycles. The molecule has 58 heavy (non-hydrogen) atoms. The third kappa shape index (κ3) is 30.0. The Morgan fingerprint density at radius 1 is 0.621 bits per heavy atom. The molecule has 0 saturated carbocycles. The smallest absolute Gasteiger partial charge is 0.306 e. The molecule has 0 aromatic heterocycles. The fourth-order valence-corrected chi connectivity index (χ4v) is 7.40. The Bertz CT molecular complexity index is 1230. The second kappa shape index (κ2) is 35.6. The highest BCUT2D eigenvalue weighted by molar-refractivity contribution is 7.85. The second-order valence-electron chi connectivity index (χ2n) is 15.8. The summed E-state index contributed by atoms with van der Waals surface area (Å²) >= 11 is 0. The van der Waals surface area contributed by atoms with Gasteiger partial charge in [0.25, 0.3) is 10.1 Å². The zero-order chi connectivity index (χ0) is 42.7. The van der Waals surface area contributed by atoms with Gasteiger partial charge in [0.05, 0.1) is 6.61 Å². The number of unbranched alkanes of at least 4 members (excludes halogenated alkanes) is 21. The zero-order valence-electron chi connectivity index (χ0n) is 35.9. The van der Waals surface area contributed by atoms with Gasteiger partial charge in [0.1, 0.15) is 36.8 Å². The van der Waals surface area contributed by atoms with Gasteiger partial charge in [0, 0.05) is 12.8 Å². The van der Waals surface area contributed by atoms with Crippen LogP contribution in [-0.2, 0) is 38.7 Å². The van der Waals surface area contributed by atoms with Gasteiger partial charge in [-0.05, 0) is 76.4 Å². The van der Waals surface area contributed by atoms with Crippen LogP contribution in [-0.4, -0.2) is 96.0 Å². The lowest BCUT2D eigenvalue weighted by Crippen LogP contribution is -2.60. The molecule has 12 nitrogen and oxygen atoms in total. The molecule has 338 valence electrons. The van der Waals surface area contributed by atoms with Crippen LogP contribution in [0.2, 0.25) is 0 Å². The fourth-order valence-electron chi connectivity index (χ4n) is 6.71. The van der Waals surface area contributed by atoms with E-state index in [1.807, 2.05) is 0 Å². The number of carbonyl (C=O) groups excluding carboxylic acids is 2. The third-order valence-electron chi connectivity index (χ3n) is 10.3. The SMILES string of the molecule is CCCCCC/C=C/CCCCCCCCCC(=O)O[C@H](COC(=O)CCCCCCCC=C=CCCCCCCC)CO[C@H]1O[C@H](CS(=O)(=O)O)[C@@H](O)C(O)C1O. The molecule has 4 N–H and O–H groups in total. The average Bonchev–Trinajstić information content (AvgIpc) is 3.18. The van der Waals surface area contributed by atoms with Crippen molar-refractivity contribution in [3.05, 3.63) is 30.0 Å². The molecular formula is C45H80O12S. The summed E-state index contributed by atoms with van der Waals surface area (Å²) in [6.07, 6.45) is 27.1. The summed E-state index contributed by atoms with van der Waals surface area (Å²) < 4.78 is 54.0. The lowest BCUT2D eigenvalue weighted by Gasteiger charge is -2.40. The summed E-state index contributed by atoms with van der Waals surface area (Å²) in [4.78, 5) is 25.4. The van der Waals surface area contributed by atoms with E-state index in [0.29, 0.717) is 12.8 Å². The molecule has 0 amide bonds. The van der Waals surface area contributed by atoms with Crippen LogP contribution >= 0.6 is 0 Å². The highest BCUT2D eigenvalue weighted by Crippen LogP contribution is 2.24. The molecule has 1 fully saturated rings. The summed E-state index contributed by atoms with van der Waals surface area (Å²) in [6, 6.07) is 0. The Morgan fingerprint density at radius 3 is 1.62 bits per heavy atom. The maximum atomic E-state index is 12.8. The molecule has 1 aliphatic heterocycles. The number of ether oxygens (including phenoxy) is 4. The van der Waals surface area contributed by atoms with Gasteiger partial charge < -0.3 is 34.3 Å². The lowest BCUT2D eigenvalue weighted by atomic mass is 10.00. The standard InChI is InChI=1S/C45H80O12S/c1-3-5-7-9-11-13-15-17-19-21-23-25-27-29-31-33-40(46)54-35-38(36-55-45-44(50)43(49)42(48)39(57-45)37-58(51,52)53)56-41(47)34-32-30-28-26-24-22-20-18-16-14-12-10-8-6-4-2/h14-16,19,38-39,42-45,48-50H,3-13,18,20-37H2,1-2H3,(H,51,52,53)/b16-14+/t17?,38-,39-,42-,43?,44?,45+/m1/s1. The molecule has 1 aliphatic rings. The zero-order valence-corrected chi connectivity index (χ0v) is 36.8. The monoisotopic (exact) mass is 845 g/mol.